The third kappa shape index (κ3) is 2.73. The molecule has 0 N–H and O–H groups in total. The van der Waals surface area contributed by atoms with Crippen LogP contribution < -0.4 is 0 Å². The second-order valence-electron chi connectivity index (χ2n) is 5.21. The van der Waals surface area contributed by atoms with Crippen molar-refractivity contribution in [2.75, 3.05) is 0 Å². The van der Waals surface area contributed by atoms with Crippen molar-refractivity contribution >= 4 is 15.9 Å². The predicted octanol–water partition coefficient (Wildman–Crippen LogP) is 4.56. The van der Waals surface area contributed by atoms with Crippen molar-refractivity contribution in [1.29, 1.82) is 0 Å². The molecule has 0 unspecified atom stereocenters. The van der Waals surface area contributed by atoms with Gasteiger partial charge in [-0.05, 0) is 59.5 Å². The first kappa shape index (κ1) is 12.9. The van der Waals surface area contributed by atoms with Crippen molar-refractivity contribution < 1.29 is 4.39 Å². The maximum atomic E-state index is 13.0. The van der Waals surface area contributed by atoms with Crippen LogP contribution in [0.2, 0.25) is 0 Å². The Balaban J connectivity index is 1.94. The minimum Gasteiger partial charge on any atom is -0.263 e. The molecule has 1 aliphatic rings. The van der Waals surface area contributed by atoms with Crippen molar-refractivity contribution in [2.24, 2.45) is 5.92 Å². The number of benzene rings is 1. The van der Waals surface area contributed by atoms with E-state index in [1.54, 1.807) is 0 Å². The number of aromatic nitrogens is 2. The molecular formula is C15H16BrFN2. The van der Waals surface area contributed by atoms with Crippen LogP contribution in [0.4, 0.5) is 4.39 Å². The predicted molar refractivity (Wildman–Crippen MR) is 77.4 cm³/mol. The van der Waals surface area contributed by atoms with E-state index in [1.165, 1.54) is 31.4 Å². The lowest BCUT2D eigenvalue weighted by atomic mass is 10.1. The third-order valence-corrected chi connectivity index (χ3v) is 4.57. The van der Waals surface area contributed by atoms with Crippen molar-refractivity contribution in [3.63, 3.8) is 0 Å². The average Bonchev–Trinajstić information content (AvgIpc) is 3.17. The average molecular weight is 323 g/mol. The molecule has 0 amide bonds. The molecule has 19 heavy (non-hydrogen) atoms. The lowest BCUT2D eigenvalue weighted by Crippen LogP contribution is -2.03. The summed E-state index contributed by atoms with van der Waals surface area (Å²) in [5.74, 6) is 0.671. The Labute approximate surface area is 120 Å². The fourth-order valence-corrected chi connectivity index (χ4v) is 2.83. The molecule has 0 aliphatic heterocycles. The van der Waals surface area contributed by atoms with Gasteiger partial charge in [-0.2, -0.15) is 5.10 Å². The summed E-state index contributed by atoms with van der Waals surface area (Å²) in [5, 5.41) is 4.58. The minimum absolute atomic E-state index is 0.208. The molecule has 2 nitrogen and oxygen atoms in total. The Hall–Kier alpha value is -1.16. The summed E-state index contributed by atoms with van der Waals surface area (Å²) in [6, 6.07) is 6.61. The van der Waals surface area contributed by atoms with Crippen molar-refractivity contribution in [1.82, 2.24) is 9.78 Å². The molecule has 1 saturated carbocycles. The summed E-state index contributed by atoms with van der Waals surface area (Å²) in [7, 11) is 0. The molecule has 4 heteroatoms. The Morgan fingerprint density at radius 2 is 2.00 bits per heavy atom. The summed E-state index contributed by atoms with van der Waals surface area (Å²) in [6.07, 6.45) is 3.89. The van der Waals surface area contributed by atoms with Crippen LogP contribution in [0.1, 0.15) is 25.0 Å². The normalized spacial score (nSPS) is 14.9. The Morgan fingerprint density at radius 3 is 2.63 bits per heavy atom. The molecule has 1 fully saturated rings. The van der Waals surface area contributed by atoms with Gasteiger partial charge in [0.2, 0.25) is 0 Å². The van der Waals surface area contributed by atoms with Crippen LogP contribution in [0.5, 0.6) is 0 Å². The standard InChI is InChI=1S/C15H16BrFN2/c1-10-14(16)15(12-4-6-13(17)7-5-12)19(18-10)9-8-11-2-3-11/h4-7,11H,2-3,8-9H2,1H3. The third-order valence-electron chi connectivity index (χ3n) is 3.62. The van der Waals surface area contributed by atoms with E-state index in [4.69, 9.17) is 0 Å². The summed E-state index contributed by atoms with van der Waals surface area (Å²) >= 11 is 3.60. The monoisotopic (exact) mass is 322 g/mol. The van der Waals surface area contributed by atoms with Gasteiger partial charge in [-0.3, -0.25) is 4.68 Å². The first-order chi connectivity index (χ1) is 9.15. The van der Waals surface area contributed by atoms with Gasteiger partial charge < -0.3 is 0 Å². The van der Waals surface area contributed by atoms with E-state index in [0.29, 0.717) is 0 Å². The molecule has 100 valence electrons. The fraction of sp³-hybridized carbons (Fsp3) is 0.400. The zero-order valence-corrected chi connectivity index (χ0v) is 12.5. The van der Waals surface area contributed by atoms with Crippen molar-refractivity contribution in [3.8, 4) is 11.3 Å². The molecule has 0 saturated heterocycles. The lowest BCUT2D eigenvalue weighted by Gasteiger charge is -2.08. The first-order valence-electron chi connectivity index (χ1n) is 6.64. The number of hydrogen-bond acceptors (Lipinski definition) is 1. The van der Waals surface area contributed by atoms with Gasteiger partial charge in [-0.1, -0.05) is 12.8 Å². The zero-order valence-electron chi connectivity index (χ0n) is 10.9. The topological polar surface area (TPSA) is 17.8 Å². The lowest BCUT2D eigenvalue weighted by molar-refractivity contribution is 0.548. The molecule has 0 radical (unpaired) electrons. The first-order valence-corrected chi connectivity index (χ1v) is 7.43. The van der Waals surface area contributed by atoms with Crippen LogP contribution in [0, 0.1) is 18.7 Å². The number of hydrogen-bond donors (Lipinski definition) is 0. The zero-order chi connectivity index (χ0) is 13.4. The van der Waals surface area contributed by atoms with E-state index < -0.39 is 0 Å². The summed E-state index contributed by atoms with van der Waals surface area (Å²) in [4.78, 5) is 0. The molecule has 3 rings (SSSR count). The number of aryl methyl sites for hydroxylation is 2. The highest BCUT2D eigenvalue weighted by atomic mass is 79.9. The van der Waals surface area contributed by atoms with Gasteiger partial charge in [0.25, 0.3) is 0 Å². The highest BCUT2D eigenvalue weighted by molar-refractivity contribution is 9.10. The van der Waals surface area contributed by atoms with Crippen molar-refractivity contribution in [2.45, 2.75) is 32.7 Å². The van der Waals surface area contributed by atoms with E-state index in [9.17, 15) is 4.39 Å². The second kappa shape index (κ2) is 5.08. The quantitative estimate of drug-likeness (QED) is 0.806. The summed E-state index contributed by atoms with van der Waals surface area (Å²) in [5.41, 5.74) is 3.04. The molecule has 0 spiro atoms. The van der Waals surface area contributed by atoms with E-state index in [1.807, 2.05) is 23.7 Å². The maximum Gasteiger partial charge on any atom is 0.123 e. The van der Waals surface area contributed by atoms with Gasteiger partial charge in [0.1, 0.15) is 5.82 Å². The van der Waals surface area contributed by atoms with Crippen LogP contribution in [-0.2, 0) is 6.54 Å². The van der Waals surface area contributed by atoms with Crippen LogP contribution in [0.15, 0.2) is 28.7 Å². The van der Waals surface area contributed by atoms with Crippen LogP contribution in [0.3, 0.4) is 0 Å². The van der Waals surface area contributed by atoms with Gasteiger partial charge in [0.15, 0.2) is 0 Å². The van der Waals surface area contributed by atoms with Gasteiger partial charge in [0.05, 0.1) is 15.9 Å². The Kier molecular flexibility index (Phi) is 3.44. The maximum absolute atomic E-state index is 13.0. The molecule has 0 atom stereocenters. The van der Waals surface area contributed by atoms with Gasteiger partial charge in [-0.25, -0.2) is 4.39 Å². The second-order valence-corrected chi connectivity index (χ2v) is 6.00. The molecule has 1 aromatic carbocycles. The Morgan fingerprint density at radius 1 is 1.32 bits per heavy atom. The van der Waals surface area contributed by atoms with Crippen LogP contribution in [0.25, 0.3) is 11.3 Å². The van der Waals surface area contributed by atoms with Crippen LogP contribution >= 0.6 is 15.9 Å². The molecule has 1 heterocycles. The van der Waals surface area contributed by atoms with Gasteiger partial charge >= 0.3 is 0 Å². The van der Waals surface area contributed by atoms with E-state index in [-0.39, 0.29) is 5.82 Å². The van der Waals surface area contributed by atoms with E-state index in [2.05, 4.69) is 21.0 Å². The molecular weight excluding hydrogens is 307 g/mol. The molecule has 2 aromatic rings. The molecule has 1 aromatic heterocycles. The minimum atomic E-state index is -0.208. The summed E-state index contributed by atoms with van der Waals surface area (Å²) < 4.78 is 16.1. The highest BCUT2D eigenvalue weighted by Crippen LogP contribution is 2.35. The van der Waals surface area contributed by atoms with Crippen molar-refractivity contribution in [3.05, 3.63) is 40.2 Å². The highest BCUT2D eigenvalue weighted by Gasteiger charge is 2.22. The Bertz CT molecular complexity index is 585. The molecule has 0 bridgehead atoms. The van der Waals surface area contributed by atoms with E-state index in [0.717, 1.165) is 33.9 Å². The fourth-order valence-electron chi connectivity index (χ4n) is 2.32. The van der Waals surface area contributed by atoms with Crippen LogP contribution in [-0.4, -0.2) is 9.78 Å². The summed E-state index contributed by atoms with van der Waals surface area (Å²) in [6.45, 7) is 2.93. The molecule has 1 aliphatic carbocycles. The number of rotatable bonds is 4. The number of nitrogens with zero attached hydrogens (tertiary/aromatic N) is 2. The largest absolute Gasteiger partial charge is 0.263 e. The van der Waals surface area contributed by atoms with Gasteiger partial charge in [-0.15, -0.1) is 0 Å². The van der Waals surface area contributed by atoms with Gasteiger partial charge in [0, 0.05) is 12.1 Å². The SMILES string of the molecule is Cc1nn(CCC2CC2)c(-c2ccc(F)cc2)c1Br. The van der Waals surface area contributed by atoms with E-state index >= 15 is 0 Å². The smallest absolute Gasteiger partial charge is 0.123 e. The number of halogens is 2.